The number of nitrogens with zero attached hydrogens (tertiary/aromatic N) is 4. The van der Waals surface area contributed by atoms with Gasteiger partial charge in [0.2, 0.25) is 11.8 Å². The van der Waals surface area contributed by atoms with E-state index >= 15 is 4.39 Å². The van der Waals surface area contributed by atoms with Crippen molar-refractivity contribution in [3.05, 3.63) is 85.2 Å². The van der Waals surface area contributed by atoms with Crippen LogP contribution in [0.3, 0.4) is 0 Å². The molecule has 5 aromatic rings. The van der Waals surface area contributed by atoms with Crippen molar-refractivity contribution in [3.8, 4) is 22.1 Å². The quantitative estimate of drug-likeness (QED) is 0.279. The van der Waals surface area contributed by atoms with E-state index in [9.17, 15) is 9.59 Å². The molecule has 38 heavy (non-hydrogen) atoms. The Labute approximate surface area is 221 Å². The van der Waals surface area contributed by atoms with Crippen LogP contribution in [0.1, 0.15) is 12.8 Å². The van der Waals surface area contributed by atoms with Crippen molar-refractivity contribution < 1.29 is 18.7 Å². The fraction of sp³-hybridized carbons (Fsp3) is 0.143. The molecule has 190 valence electrons. The Kier molecular flexibility index (Phi) is 5.68. The van der Waals surface area contributed by atoms with E-state index in [4.69, 9.17) is 10.5 Å². The van der Waals surface area contributed by atoms with Crippen molar-refractivity contribution in [1.82, 2.24) is 14.5 Å². The fourth-order valence-electron chi connectivity index (χ4n) is 4.36. The first-order valence-corrected chi connectivity index (χ1v) is 12.7. The number of para-hydroxylation sites is 1. The summed E-state index contributed by atoms with van der Waals surface area (Å²) in [7, 11) is 1.90. The molecule has 2 N–H and O–H groups in total. The molecule has 1 aliphatic carbocycles. The maximum Gasteiger partial charge on any atom is 0.247 e. The van der Waals surface area contributed by atoms with E-state index in [1.54, 1.807) is 48.9 Å². The Balaban J connectivity index is 1.34. The average Bonchev–Trinajstić information content (AvgIpc) is 3.44. The van der Waals surface area contributed by atoms with Crippen LogP contribution in [0.4, 0.5) is 15.8 Å². The lowest BCUT2D eigenvalue weighted by atomic mass is 10.0. The summed E-state index contributed by atoms with van der Waals surface area (Å²) in [5.41, 5.74) is 6.60. The van der Waals surface area contributed by atoms with Crippen LogP contribution in [-0.2, 0) is 16.6 Å². The van der Waals surface area contributed by atoms with Crippen LogP contribution in [0.5, 0.6) is 11.5 Å². The number of thiophene rings is 1. The minimum Gasteiger partial charge on any atom is -0.453 e. The first kappa shape index (κ1) is 23.8. The van der Waals surface area contributed by atoms with Gasteiger partial charge in [-0.3, -0.25) is 19.5 Å². The maximum atomic E-state index is 15.4. The Bertz CT molecular complexity index is 1690. The second-order valence-corrected chi connectivity index (χ2v) is 10.2. The van der Waals surface area contributed by atoms with Crippen molar-refractivity contribution in [2.75, 3.05) is 4.90 Å². The van der Waals surface area contributed by atoms with Crippen LogP contribution in [0.15, 0.2) is 79.4 Å². The van der Waals surface area contributed by atoms with Gasteiger partial charge < -0.3 is 15.0 Å². The van der Waals surface area contributed by atoms with Gasteiger partial charge in [-0.1, -0.05) is 18.2 Å². The number of hydrogen-bond donors (Lipinski definition) is 1. The molecule has 3 aromatic heterocycles. The minimum absolute atomic E-state index is 0.00877. The molecule has 0 spiro atoms. The molecule has 0 saturated heterocycles. The van der Waals surface area contributed by atoms with Gasteiger partial charge in [0.25, 0.3) is 0 Å². The predicted molar refractivity (Wildman–Crippen MR) is 143 cm³/mol. The van der Waals surface area contributed by atoms with E-state index < -0.39 is 23.0 Å². The van der Waals surface area contributed by atoms with Gasteiger partial charge in [0.15, 0.2) is 11.6 Å². The number of rotatable bonds is 7. The maximum absolute atomic E-state index is 15.4. The van der Waals surface area contributed by atoms with Crippen LogP contribution in [0.2, 0.25) is 0 Å². The second-order valence-electron chi connectivity index (χ2n) is 9.20. The molecule has 10 heteroatoms. The van der Waals surface area contributed by atoms with Crippen LogP contribution in [-0.4, -0.2) is 26.3 Å². The van der Waals surface area contributed by atoms with Crippen molar-refractivity contribution >= 4 is 44.7 Å². The first-order chi connectivity index (χ1) is 18.4. The average molecular weight is 528 g/mol. The molecule has 3 heterocycles. The largest absolute Gasteiger partial charge is 0.453 e. The lowest BCUT2D eigenvalue weighted by Crippen LogP contribution is -2.41. The zero-order valence-electron chi connectivity index (χ0n) is 20.3. The minimum atomic E-state index is -1.27. The summed E-state index contributed by atoms with van der Waals surface area (Å²) in [5, 5.41) is 0. The zero-order chi connectivity index (χ0) is 26.4. The molecule has 2 amide bonds. The highest BCUT2D eigenvalue weighted by Gasteiger charge is 2.57. The molecule has 0 unspecified atom stereocenters. The second kappa shape index (κ2) is 9.07. The smallest absolute Gasteiger partial charge is 0.247 e. The number of aromatic nitrogens is 3. The number of pyridine rings is 1. The molecule has 2 aromatic carbocycles. The van der Waals surface area contributed by atoms with Crippen LogP contribution in [0, 0.1) is 11.2 Å². The molecule has 0 atom stereocenters. The third-order valence-electron chi connectivity index (χ3n) is 6.58. The van der Waals surface area contributed by atoms with Crippen LogP contribution in [0.25, 0.3) is 20.8 Å². The summed E-state index contributed by atoms with van der Waals surface area (Å²) in [6.07, 6.45) is 5.97. The summed E-state index contributed by atoms with van der Waals surface area (Å²) in [6, 6.07) is 16.7. The Hall–Kier alpha value is -4.57. The molecular weight excluding hydrogens is 505 g/mol. The Morgan fingerprint density at radius 3 is 2.50 bits per heavy atom. The van der Waals surface area contributed by atoms with E-state index in [1.807, 2.05) is 29.9 Å². The molecule has 1 aliphatic rings. The molecule has 8 nitrogen and oxygen atoms in total. The highest BCUT2D eigenvalue weighted by molar-refractivity contribution is 7.22. The number of hydrogen-bond acceptors (Lipinski definition) is 6. The number of carbonyl (C=O) groups is 2. The highest BCUT2D eigenvalue weighted by atomic mass is 32.1. The van der Waals surface area contributed by atoms with Gasteiger partial charge in [-0.2, -0.15) is 0 Å². The number of ether oxygens (including phenoxy) is 1. The number of primary amides is 1. The van der Waals surface area contributed by atoms with E-state index in [-0.39, 0.29) is 11.4 Å². The van der Waals surface area contributed by atoms with E-state index in [2.05, 4.69) is 9.97 Å². The molecular formula is C28H22FN5O3S. The summed E-state index contributed by atoms with van der Waals surface area (Å²) >= 11 is 1.45. The number of carbonyl (C=O) groups excluding carboxylic acids is 2. The topological polar surface area (TPSA) is 103 Å². The molecule has 1 saturated carbocycles. The van der Waals surface area contributed by atoms with Gasteiger partial charge in [0, 0.05) is 37.3 Å². The van der Waals surface area contributed by atoms with Gasteiger partial charge in [-0.25, -0.2) is 9.37 Å². The Morgan fingerprint density at radius 1 is 1.05 bits per heavy atom. The highest BCUT2D eigenvalue weighted by Crippen LogP contribution is 2.49. The van der Waals surface area contributed by atoms with Gasteiger partial charge in [0.1, 0.15) is 11.2 Å². The number of amides is 2. The number of benzene rings is 2. The van der Waals surface area contributed by atoms with Crippen molar-refractivity contribution in [2.24, 2.45) is 18.2 Å². The number of fused-ring (bicyclic) bond motifs is 1. The van der Waals surface area contributed by atoms with Crippen LogP contribution < -0.4 is 15.4 Å². The molecule has 0 aliphatic heterocycles. The van der Waals surface area contributed by atoms with Gasteiger partial charge in [0.05, 0.1) is 32.8 Å². The molecule has 1 fully saturated rings. The summed E-state index contributed by atoms with van der Waals surface area (Å²) in [5.74, 6) is -1.36. The summed E-state index contributed by atoms with van der Waals surface area (Å²) < 4.78 is 24.0. The number of aryl methyl sites for hydroxylation is 1. The standard InChI is InChI=1S/C28H22FN5O3S/c1-33-15-21(32-16-33)24-14-20-25(38-24)23(9-12-31-20)37-22-8-7-18(13-19(22)29)34(17-5-3-2-4-6-17)27(36)28(10-11-28)26(30)35/h2-9,12-16H,10-11H2,1H3,(H2,30,35). The summed E-state index contributed by atoms with van der Waals surface area (Å²) in [6.45, 7) is 0. The van der Waals surface area contributed by atoms with Crippen LogP contribution >= 0.6 is 11.3 Å². The molecule has 0 radical (unpaired) electrons. The van der Waals surface area contributed by atoms with Crippen molar-refractivity contribution in [2.45, 2.75) is 12.8 Å². The normalized spacial score (nSPS) is 13.8. The number of nitrogens with two attached hydrogens (primary N) is 1. The SMILES string of the molecule is Cn1cnc(-c2cc3nccc(Oc4ccc(N(C(=O)C5(C(N)=O)CC5)c5ccccc5)cc4F)c3s2)c1. The summed E-state index contributed by atoms with van der Waals surface area (Å²) in [4.78, 5) is 36.6. The Morgan fingerprint density at radius 2 is 1.84 bits per heavy atom. The molecule has 0 bridgehead atoms. The fourth-order valence-corrected chi connectivity index (χ4v) is 5.38. The van der Waals surface area contributed by atoms with Crippen molar-refractivity contribution in [1.29, 1.82) is 0 Å². The van der Waals surface area contributed by atoms with E-state index in [0.717, 1.165) is 15.3 Å². The monoisotopic (exact) mass is 527 g/mol. The number of imidazole rings is 1. The lowest BCUT2D eigenvalue weighted by Gasteiger charge is -2.26. The van der Waals surface area contributed by atoms with Gasteiger partial charge >= 0.3 is 0 Å². The zero-order valence-corrected chi connectivity index (χ0v) is 21.1. The van der Waals surface area contributed by atoms with E-state index in [0.29, 0.717) is 29.8 Å². The van der Waals surface area contributed by atoms with Gasteiger partial charge in [-0.05, 0) is 43.2 Å². The van der Waals surface area contributed by atoms with Crippen molar-refractivity contribution in [3.63, 3.8) is 0 Å². The third-order valence-corrected chi connectivity index (χ3v) is 7.74. The van der Waals surface area contributed by atoms with Gasteiger partial charge in [-0.15, -0.1) is 11.3 Å². The first-order valence-electron chi connectivity index (χ1n) is 11.9. The third kappa shape index (κ3) is 4.08. The lowest BCUT2D eigenvalue weighted by molar-refractivity contribution is -0.133. The molecule has 6 rings (SSSR count). The number of anilines is 2. The van der Waals surface area contributed by atoms with E-state index in [1.165, 1.54) is 28.4 Å². The number of halogens is 1. The predicted octanol–water partition coefficient (Wildman–Crippen LogP) is 5.56.